The molecule has 0 atom stereocenters. The summed E-state index contributed by atoms with van der Waals surface area (Å²) < 4.78 is 0. The Hall–Kier alpha value is -6.19. The van der Waals surface area contributed by atoms with Crippen LogP contribution in [-0.2, 0) is 0 Å². The van der Waals surface area contributed by atoms with Crippen molar-refractivity contribution in [3.8, 4) is 56.0 Å². The molecule has 0 bridgehead atoms. The Kier molecular flexibility index (Phi) is 5.28. The average molecular weight is 584 g/mol. The smallest absolute Gasteiger partial charge is 0.0973 e. The number of benzene rings is 6. The molecule has 3 heterocycles. The molecule has 3 nitrogen and oxygen atoms in total. The van der Waals surface area contributed by atoms with E-state index in [1.54, 1.807) is 0 Å². The van der Waals surface area contributed by atoms with Crippen LogP contribution in [-0.4, -0.2) is 15.0 Å². The highest BCUT2D eigenvalue weighted by molar-refractivity contribution is 6.18. The van der Waals surface area contributed by atoms with E-state index in [4.69, 9.17) is 15.0 Å². The standard InChI is InChI=1S/C43H25N3/c1-4-11-37-27(6-1)18-24-39(44-37)40-25-20-30-17-16-29-19-23-38(45-42(29)43(30)46-40)28-14-12-26(13-15-28)31-21-22-36-33-8-3-2-7-32(33)35-10-5-9-34(31)41(35)36/h1-25H. The summed E-state index contributed by atoms with van der Waals surface area (Å²) in [7, 11) is 0. The van der Waals surface area contributed by atoms with Gasteiger partial charge in [-0.15, -0.1) is 0 Å². The van der Waals surface area contributed by atoms with Crippen molar-refractivity contribution in [2.75, 3.05) is 0 Å². The predicted molar refractivity (Wildman–Crippen MR) is 191 cm³/mol. The van der Waals surface area contributed by atoms with Crippen molar-refractivity contribution in [2.45, 2.75) is 0 Å². The molecule has 0 saturated carbocycles. The van der Waals surface area contributed by atoms with Crippen molar-refractivity contribution < 1.29 is 0 Å². The van der Waals surface area contributed by atoms with E-state index in [-0.39, 0.29) is 0 Å². The van der Waals surface area contributed by atoms with Gasteiger partial charge in [0, 0.05) is 21.7 Å². The summed E-state index contributed by atoms with van der Waals surface area (Å²) in [5.41, 5.74) is 14.2. The highest BCUT2D eigenvalue weighted by Crippen LogP contribution is 2.49. The number of hydrogen-bond donors (Lipinski definition) is 0. The van der Waals surface area contributed by atoms with Gasteiger partial charge in [-0.25, -0.2) is 15.0 Å². The van der Waals surface area contributed by atoms with E-state index in [1.807, 2.05) is 30.3 Å². The molecular weight excluding hydrogens is 558 g/mol. The third-order valence-corrected chi connectivity index (χ3v) is 9.42. The summed E-state index contributed by atoms with van der Waals surface area (Å²) in [6.45, 7) is 0. The molecule has 0 N–H and O–H groups in total. The lowest BCUT2D eigenvalue weighted by Gasteiger charge is -2.11. The molecule has 0 aliphatic heterocycles. The second kappa shape index (κ2) is 9.65. The van der Waals surface area contributed by atoms with E-state index in [0.29, 0.717) is 0 Å². The summed E-state index contributed by atoms with van der Waals surface area (Å²) in [5, 5.41) is 5.88. The van der Waals surface area contributed by atoms with E-state index < -0.39 is 0 Å². The average Bonchev–Trinajstić information content (AvgIpc) is 3.46. The van der Waals surface area contributed by atoms with Gasteiger partial charge in [-0.05, 0) is 68.4 Å². The first-order valence-electron chi connectivity index (χ1n) is 15.6. The van der Waals surface area contributed by atoms with Crippen LogP contribution in [0.1, 0.15) is 0 Å². The lowest BCUT2D eigenvalue weighted by atomic mass is 9.93. The minimum atomic E-state index is 0.843. The highest BCUT2D eigenvalue weighted by atomic mass is 14.8. The third kappa shape index (κ3) is 3.75. The SMILES string of the molecule is c1ccc2c(c1)-c1cccc3c(-c4ccc(-c5ccc6ccc7ccc(-c8ccc9ccccc9n8)nc7c6n5)cc4)ccc-2c13. The molecule has 0 saturated heterocycles. The van der Waals surface area contributed by atoms with Crippen LogP contribution in [0.4, 0.5) is 0 Å². The van der Waals surface area contributed by atoms with Crippen molar-refractivity contribution >= 4 is 43.5 Å². The van der Waals surface area contributed by atoms with E-state index in [1.165, 1.54) is 44.2 Å². The number of fused-ring (bicyclic) bond motifs is 7. The maximum atomic E-state index is 5.18. The van der Waals surface area contributed by atoms with Crippen LogP contribution in [0.3, 0.4) is 0 Å². The molecule has 3 heteroatoms. The summed E-state index contributed by atoms with van der Waals surface area (Å²) in [6.07, 6.45) is 0. The van der Waals surface area contributed by atoms with Crippen LogP contribution in [0.2, 0.25) is 0 Å². The minimum Gasteiger partial charge on any atom is -0.246 e. The summed E-state index contributed by atoms with van der Waals surface area (Å²) in [4.78, 5) is 15.2. The number of hydrogen-bond acceptors (Lipinski definition) is 3. The molecule has 10 rings (SSSR count). The molecule has 1 aliphatic rings. The van der Waals surface area contributed by atoms with Crippen LogP contribution in [0.5, 0.6) is 0 Å². The van der Waals surface area contributed by atoms with E-state index in [2.05, 4.69) is 121 Å². The second-order valence-electron chi connectivity index (χ2n) is 12.0. The molecule has 9 aromatic rings. The van der Waals surface area contributed by atoms with Gasteiger partial charge in [0.25, 0.3) is 0 Å². The Balaban J connectivity index is 1.05. The van der Waals surface area contributed by atoms with Crippen molar-refractivity contribution in [3.63, 3.8) is 0 Å². The number of para-hydroxylation sites is 1. The molecule has 0 unspecified atom stereocenters. The first kappa shape index (κ1) is 25.2. The Morgan fingerprint density at radius 1 is 0.304 bits per heavy atom. The van der Waals surface area contributed by atoms with Crippen LogP contribution in [0.25, 0.3) is 99.5 Å². The molecule has 0 radical (unpaired) electrons. The van der Waals surface area contributed by atoms with Gasteiger partial charge in [-0.1, -0.05) is 127 Å². The van der Waals surface area contributed by atoms with Crippen molar-refractivity contribution in [2.24, 2.45) is 0 Å². The molecule has 0 amide bonds. The maximum absolute atomic E-state index is 5.18. The van der Waals surface area contributed by atoms with E-state index in [0.717, 1.165) is 55.4 Å². The maximum Gasteiger partial charge on any atom is 0.0973 e. The number of nitrogens with zero attached hydrogens (tertiary/aromatic N) is 3. The topological polar surface area (TPSA) is 38.7 Å². The van der Waals surface area contributed by atoms with E-state index >= 15 is 0 Å². The second-order valence-corrected chi connectivity index (χ2v) is 12.0. The highest BCUT2D eigenvalue weighted by Gasteiger charge is 2.22. The van der Waals surface area contributed by atoms with Crippen molar-refractivity contribution in [3.05, 3.63) is 152 Å². The van der Waals surface area contributed by atoms with Gasteiger partial charge in [0.15, 0.2) is 0 Å². The Morgan fingerprint density at radius 2 is 0.848 bits per heavy atom. The third-order valence-electron chi connectivity index (χ3n) is 9.42. The predicted octanol–water partition coefficient (Wildman–Crippen LogP) is 11.1. The molecule has 0 spiro atoms. The lowest BCUT2D eigenvalue weighted by molar-refractivity contribution is 1.31. The van der Waals surface area contributed by atoms with Crippen LogP contribution in [0, 0.1) is 0 Å². The molecule has 212 valence electrons. The van der Waals surface area contributed by atoms with Gasteiger partial charge in [0.1, 0.15) is 0 Å². The van der Waals surface area contributed by atoms with Crippen LogP contribution >= 0.6 is 0 Å². The van der Waals surface area contributed by atoms with Gasteiger partial charge in [-0.2, -0.15) is 0 Å². The van der Waals surface area contributed by atoms with Gasteiger partial charge in [0.05, 0.1) is 33.6 Å². The lowest BCUT2D eigenvalue weighted by Crippen LogP contribution is -1.92. The first-order chi connectivity index (χ1) is 22.8. The normalized spacial score (nSPS) is 11.9. The quantitative estimate of drug-likeness (QED) is 0.194. The molecule has 6 aromatic carbocycles. The van der Waals surface area contributed by atoms with Gasteiger partial charge < -0.3 is 0 Å². The van der Waals surface area contributed by atoms with Crippen molar-refractivity contribution in [1.82, 2.24) is 15.0 Å². The Labute approximate surface area is 265 Å². The number of aromatic nitrogens is 3. The fourth-order valence-electron chi connectivity index (χ4n) is 7.16. The fraction of sp³-hybridized carbons (Fsp3) is 0. The monoisotopic (exact) mass is 583 g/mol. The van der Waals surface area contributed by atoms with Crippen LogP contribution in [0.15, 0.2) is 152 Å². The zero-order chi connectivity index (χ0) is 30.2. The molecule has 3 aromatic heterocycles. The van der Waals surface area contributed by atoms with Gasteiger partial charge in [-0.3, -0.25) is 0 Å². The van der Waals surface area contributed by atoms with Crippen LogP contribution < -0.4 is 0 Å². The largest absolute Gasteiger partial charge is 0.246 e. The number of rotatable bonds is 3. The summed E-state index contributed by atoms with van der Waals surface area (Å²) in [6, 6.07) is 53.8. The zero-order valence-corrected chi connectivity index (χ0v) is 24.8. The van der Waals surface area contributed by atoms with Crippen molar-refractivity contribution in [1.29, 1.82) is 0 Å². The molecule has 46 heavy (non-hydrogen) atoms. The fourth-order valence-corrected chi connectivity index (χ4v) is 7.16. The van der Waals surface area contributed by atoms with E-state index in [9.17, 15) is 0 Å². The summed E-state index contributed by atoms with van der Waals surface area (Å²) >= 11 is 0. The molecule has 0 fully saturated rings. The first-order valence-corrected chi connectivity index (χ1v) is 15.6. The number of pyridine rings is 3. The molecule has 1 aliphatic carbocycles. The van der Waals surface area contributed by atoms with Gasteiger partial charge >= 0.3 is 0 Å². The Morgan fingerprint density at radius 3 is 1.63 bits per heavy atom. The minimum absolute atomic E-state index is 0.843. The van der Waals surface area contributed by atoms with Gasteiger partial charge in [0.2, 0.25) is 0 Å². The molecular formula is C43H25N3. The summed E-state index contributed by atoms with van der Waals surface area (Å²) in [5.74, 6) is 0. The zero-order valence-electron chi connectivity index (χ0n) is 24.8. The Bertz CT molecular complexity index is 2660.